The maximum absolute atomic E-state index is 14.2. The molecule has 0 radical (unpaired) electrons. The molecule has 2 rings (SSSR count). The molecule has 1 aromatic carbocycles. The highest BCUT2D eigenvalue weighted by Crippen LogP contribution is 2.21. The molecule has 0 aliphatic rings. The van der Waals surface area contributed by atoms with Gasteiger partial charge in [0, 0.05) is 12.2 Å². The van der Waals surface area contributed by atoms with Gasteiger partial charge in [0.2, 0.25) is 0 Å². The van der Waals surface area contributed by atoms with E-state index in [-0.39, 0.29) is 11.9 Å². The molecule has 1 aromatic heterocycles. The van der Waals surface area contributed by atoms with Crippen LogP contribution in [0.4, 0.5) is 4.39 Å². The predicted octanol–water partition coefficient (Wildman–Crippen LogP) is 3.41. The third-order valence-electron chi connectivity index (χ3n) is 3.51. The molecule has 2 N–H and O–H groups in total. The lowest BCUT2D eigenvalue weighted by atomic mass is 10.0. The molecule has 1 heterocycles. The van der Waals surface area contributed by atoms with Crippen LogP contribution in [0.2, 0.25) is 0 Å². The molecular weight excluding hydrogens is 253 g/mol. The van der Waals surface area contributed by atoms with Crippen molar-refractivity contribution in [2.75, 3.05) is 0 Å². The smallest absolute Gasteiger partial charge is 0.149 e. The molecule has 3 nitrogen and oxygen atoms in total. The fourth-order valence-electron chi connectivity index (χ4n) is 2.18. The van der Waals surface area contributed by atoms with Crippen molar-refractivity contribution in [3.05, 3.63) is 47.5 Å². The Balaban J connectivity index is 2.43. The fourth-order valence-corrected chi connectivity index (χ4v) is 2.18. The molecule has 0 saturated heterocycles. The number of nitrogens with zero attached hydrogens (tertiary/aromatic N) is 2. The van der Waals surface area contributed by atoms with Crippen LogP contribution in [-0.2, 0) is 6.42 Å². The van der Waals surface area contributed by atoms with Crippen molar-refractivity contribution < 1.29 is 4.39 Å². The van der Waals surface area contributed by atoms with Crippen LogP contribution in [0.5, 0.6) is 0 Å². The molecule has 1 atom stereocenters. The summed E-state index contributed by atoms with van der Waals surface area (Å²) in [6, 6.07) is 7.08. The average molecular weight is 275 g/mol. The summed E-state index contributed by atoms with van der Waals surface area (Å²) in [6.45, 7) is 6.18. The van der Waals surface area contributed by atoms with Gasteiger partial charge in [-0.25, -0.2) is 9.07 Å². The van der Waals surface area contributed by atoms with E-state index in [1.807, 2.05) is 25.3 Å². The lowest BCUT2D eigenvalue weighted by Crippen LogP contribution is -2.22. The molecule has 0 bridgehead atoms. The van der Waals surface area contributed by atoms with Gasteiger partial charge in [0.05, 0.1) is 5.69 Å². The van der Waals surface area contributed by atoms with Crippen LogP contribution < -0.4 is 5.73 Å². The molecule has 0 saturated carbocycles. The lowest BCUT2D eigenvalue weighted by molar-refractivity contribution is 0.594. The van der Waals surface area contributed by atoms with Crippen LogP contribution in [-0.4, -0.2) is 15.8 Å². The van der Waals surface area contributed by atoms with Crippen molar-refractivity contribution in [2.45, 2.75) is 45.6 Å². The van der Waals surface area contributed by atoms with Gasteiger partial charge >= 0.3 is 0 Å². The van der Waals surface area contributed by atoms with Gasteiger partial charge in [-0.05, 0) is 36.5 Å². The van der Waals surface area contributed by atoms with Crippen molar-refractivity contribution >= 4 is 0 Å². The molecule has 1 unspecified atom stereocenters. The first kappa shape index (κ1) is 14.7. The Morgan fingerprint density at radius 2 is 2.05 bits per heavy atom. The van der Waals surface area contributed by atoms with Crippen molar-refractivity contribution in [3.63, 3.8) is 0 Å². The summed E-state index contributed by atoms with van der Waals surface area (Å²) >= 11 is 0. The number of hydrogen-bond donors (Lipinski definition) is 1. The molecule has 0 fully saturated rings. The number of para-hydroxylation sites is 1. The Kier molecular flexibility index (Phi) is 4.55. The first-order valence-corrected chi connectivity index (χ1v) is 7.11. The molecule has 4 heteroatoms. The number of hydrogen-bond acceptors (Lipinski definition) is 2. The van der Waals surface area contributed by atoms with Crippen molar-refractivity contribution in [2.24, 2.45) is 5.73 Å². The van der Waals surface area contributed by atoms with Crippen LogP contribution in [0.25, 0.3) is 5.69 Å². The largest absolute Gasteiger partial charge is 0.327 e. The van der Waals surface area contributed by atoms with E-state index < -0.39 is 0 Å². The molecule has 20 heavy (non-hydrogen) atoms. The average Bonchev–Trinajstić information content (AvgIpc) is 2.88. The van der Waals surface area contributed by atoms with Gasteiger partial charge < -0.3 is 5.73 Å². The summed E-state index contributed by atoms with van der Waals surface area (Å²) < 4.78 is 15.8. The second-order valence-corrected chi connectivity index (χ2v) is 5.46. The first-order chi connectivity index (χ1) is 9.52. The molecule has 2 aromatic rings. The highest BCUT2D eigenvalue weighted by Gasteiger charge is 2.14. The highest BCUT2D eigenvalue weighted by atomic mass is 19.1. The second kappa shape index (κ2) is 6.18. The summed E-state index contributed by atoms with van der Waals surface area (Å²) in [5, 5.41) is 4.47. The van der Waals surface area contributed by atoms with E-state index in [2.05, 4.69) is 18.9 Å². The van der Waals surface area contributed by atoms with Crippen molar-refractivity contribution in [3.8, 4) is 5.69 Å². The Morgan fingerprint density at radius 3 is 2.65 bits per heavy atom. The van der Waals surface area contributed by atoms with Crippen molar-refractivity contribution in [1.82, 2.24) is 9.78 Å². The van der Waals surface area contributed by atoms with E-state index in [4.69, 9.17) is 5.73 Å². The number of halogens is 1. The minimum Gasteiger partial charge on any atom is -0.327 e. The molecule has 0 spiro atoms. The van der Waals surface area contributed by atoms with E-state index in [9.17, 15) is 4.39 Å². The number of rotatable bonds is 5. The maximum Gasteiger partial charge on any atom is 0.149 e. The van der Waals surface area contributed by atoms with Gasteiger partial charge in [-0.1, -0.05) is 32.9 Å². The van der Waals surface area contributed by atoms with Crippen LogP contribution in [0.15, 0.2) is 30.5 Å². The summed E-state index contributed by atoms with van der Waals surface area (Å²) in [4.78, 5) is 0. The Bertz CT molecular complexity index is 575. The summed E-state index contributed by atoms with van der Waals surface area (Å²) in [5.41, 5.74) is 8.38. The normalized spacial score (nSPS) is 12.9. The quantitative estimate of drug-likeness (QED) is 0.908. The molecule has 108 valence electrons. The monoisotopic (exact) mass is 275 g/mol. The standard InChI is InChI=1S/C16H22FN3/c1-4-13(18)10-12-6-5-7-14(17)16(12)20-9-8-15(19-20)11(2)3/h5-9,11,13H,4,10,18H2,1-3H3. The highest BCUT2D eigenvalue weighted by molar-refractivity contribution is 5.42. The molecule has 0 aliphatic carbocycles. The lowest BCUT2D eigenvalue weighted by Gasteiger charge is -2.14. The van der Waals surface area contributed by atoms with Gasteiger partial charge in [0.15, 0.2) is 0 Å². The van der Waals surface area contributed by atoms with Gasteiger partial charge in [0.25, 0.3) is 0 Å². The van der Waals surface area contributed by atoms with Crippen molar-refractivity contribution in [1.29, 1.82) is 0 Å². The third-order valence-corrected chi connectivity index (χ3v) is 3.51. The maximum atomic E-state index is 14.2. The van der Waals surface area contributed by atoms with Gasteiger partial charge in [-0.15, -0.1) is 0 Å². The predicted molar refractivity (Wildman–Crippen MR) is 79.6 cm³/mol. The van der Waals surface area contributed by atoms with Gasteiger partial charge in [0.1, 0.15) is 11.5 Å². The van der Waals surface area contributed by atoms with E-state index in [0.29, 0.717) is 18.0 Å². The zero-order chi connectivity index (χ0) is 14.7. The van der Waals surface area contributed by atoms with Gasteiger partial charge in [-0.2, -0.15) is 5.10 Å². The van der Waals surface area contributed by atoms with E-state index in [1.54, 1.807) is 10.7 Å². The zero-order valence-corrected chi connectivity index (χ0v) is 12.3. The van der Waals surface area contributed by atoms with E-state index in [1.165, 1.54) is 6.07 Å². The molecule has 0 aliphatic heterocycles. The zero-order valence-electron chi connectivity index (χ0n) is 12.3. The summed E-state index contributed by atoms with van der Waals surface area (Å²) in [6.07, 6.45) is 3.33. The van der Waals surface area contributed by atoms with Crippen LogP contribution in [0, 0.1) is 5.82 Å². The van der Waals surface area contributed by atoms with Crippen LogP contribution in [0.3, 0.4) is 0 Å². The number of nitrogens with two attached hydrogens (primary N) is 1. The topological polar surface area (TPSA) is 43.8 Å². The van der Waals surface area contributed by atoms with Gasteiger partial charge in [-0.3, -0.25) is 0 Å². The van der Waals surface area contributed by atoms with E-state index in [0.717, 1.165) is 17.7 Å². The van der Waals surface area contributed by atoms with E-state index >= 15 is 0 Å². The Hall–Kier alpha value is -1.68. The molecular formula is C16H22FN3. The number of benzene rings is 1. The first-order valence-electron chi connectivity index (χ1n) is 7.11. The molecule has 0 amide bonds. The summed E-state index contributed by atoms with van der Waals surface area (Å²) in [7, 11) is 0. The van der Waals surface area contributed by atoms with Crippen LogP contribution in [0.1, 0.15) is 44.4 Å². The number of aromatic nitrogens is 2. The third kappa shape index (κ3) is 3.07. The SMILES string of the molecule is CCC(N)Cc1cccc(F)c1-n1ccc(C(C)C)n1. The second-order valence-electron chi connectivity index (χ2n) is 5.46. The fraction of sp³-hybridized carbons (Fsp3) is 0.438. The minimum atomic E-state index is -0.260. The Morgan fingerprint density at radius 1 is 1.30 bits per heavy atom. The minimum absolute atomic E-state index is 0.0377. The summed E-state index contributed by atoms with van der Waals surface area (Å²) in [5.74, 6) is 0.0635. The van der Waals surface area contributed by atoms with Crippen LogP contribution >= 0.6 is 0 Å². The Labute approximate surface area is 119 Å².